The number of hydrogen-bond acceptors (Lipinski definition) is 8. The highest BCUT2D eigenvalue weighted by molar-refractivity contribution is 5.81. The Morgan fingerprint density at radius 2 is 2.35 bits per heavy atom. The van der Waals surface area contributed by atoms with Crippen LogP contribution in [0.5, 0.6) is 0 Å². The van der Waals surface area contributed by atoms with Crippen LogP contribution in [-0.4, -0.2) is 51.2 Å². The van der Waals surface area contributed by atoms with Crippen LogP contribution in [0.25, 0.3) is 0 Å². The van der Waals surface area contributed by atoms with Crippen LogP contribution >= 0.6 is 0 Å². The lowest BCUT2D eigenvalue weighted by Gasteiger charge is -2.18. The van der Waals surface area contributed by atoms with Gasteiger partial charge in [0.15, 0.2) is 0 Å². The van der Waals surface area contributed by atoms with Gasteiger partial charge < -0.3 is 25.4 Å². The number of aromatic nitrogens is 2. The highest BCUT2D eigenvalue weighted by atomic mass is 16.5. The smallest absolute Gasteiger partial charge is 0.351 e. The molecule has 0 unspecified atom stereocenters. The van der Waals surface area contributed by atoms with Crippen LogP contribution in [0.4, 0.5) is 5.82 Å². The first-order valence-corrected chi connectivity index (χ1v) is 7.12. The minimum Gasteiger partial charge on any atom is -0.463 e. The normalized spacial score (nSPS) is 27.4. The third kappa shape index (κ3) is 3.76. The standard InChI is InChI=1S/C14H19N3O6/c1-2-22-11(19)4-3-8-12(20)9(7-18)23-13(8)17-6-5-10(15)16-14(17)21/h3-6,8-9,12-13,18,20H,2,7H2,1H3,(H2,15,16,21)/b4-3+/t8-,9-,12+,13-/m1/s1. The van der Waals surface area contributed by atoms with Gasteiger partial charge in [-0.15, -0.1) is 0 Å². The van der Waals surface area contributed by atoms with E-state index in [1.807, 2.05) is 0 Å². The monoisotopic (exact) mass is 325 g/mol. The van der Waals surface area contributed by atoms with Crippen LogP contribution in [0.15, 0.2) is 29.2 Å². The first-order chi connectivity index (χ1) is 11.0. The zero-order valence-corrected chi connectivity index (χ0v) is 12.5. The summed E-state index contributed by atoms with van der Waals surface area (Å²) in [5.41, 5.74) is 4.79. The summed E-state index contributed by atoms with van der Waals surface area (Å²) in [6.07, 6.45) is 1.03. The summed E-state index contributed by atoms with van der Waals surface area (Å²) in [7, 11) is 0. The van der Waals surface area contributed by atoms with E-state index in [4.69, 9.17) is 15.2 Å². The number of aliphatic hydroxyl groups excluding tert-OH is 2. The molecule has 1 fully saturated rings. The maximum absolute atomic E-state index is 11.9. The largest absolute Gasteiger partial charge is 0.463 e. The summed E-state index contributed by atoms with van der Waals surface area (Å²) >= 11 is 0. The Hall–Kier alpha value is -2.23. The molecule has 0 aromatic carbocycles. The highest BCUT2D eigenvalue weighted by Gasteiger charge is 2.43. The Kier molecular flexibility index (Phi) is 5.48. The molecule has 0 aliphatic carbocycles. The first-order valence-electron chi connectivity index (χ1n) is 7.12. The maximum atomic E-state index is 11.9. The van der Waals surface area contributed by atoms with Gasteiger partial charge in [-0.25, -0.2) is 9.59 Å². The van der Waals surface area contributed by atoms with Gasteiger partial charge in [-0.1, -0.05) is 6.08 Å². The van der Waals surface area contributed by atoms with Gasteiger partial charge in [0.2, 0.25) is 0 Å². The van der Waals surface area contributed by atoms with Crippen LogP contribution in [0.1, 0.15) is 13.2 Å². The summed E-state index contributed by atoms with van der Waals surface area (Å²) in [6, 6.07) is 1.41. The molecule has 9 heteroatoms. The van der Waals surface area contributed by atoms with E-state index in [-0.39, 0.29) is 12.4 Å². The molecular weight excluding hydrogens is 306 g/mol. The molecule has 0 amide bonds. The van der Waals surface area contributed by atoms with Crippen molar-refractivity contribution in [1.82, 2.24) is 9.55 Å². The van der Waals surface area contributed by atoms with Crippen LogP contribution in [-0.2, 0) is 14.3 Å². The predicted molar refractivity (Wildman–Crippen MR) is 79.2 cm³/mol. The van der Waals surface area contributed by atoms with Gasteiger partial charge >= 0.3 is 11.7 Å². The molecule has 2 heterocycles. The molecule has 0 radical (unpaired) electrons. The molecular formula is C14H19N3O6. The summed E-state index contributed by atoms with van der Waals surface area (Å²) < 4.78 is 11.4. The van der Waals surface area contributed by atoms with Crippen molar-refractivity contribution < 1.29 is 24.5 Å². The Balaban J connectivity index is 2.31. The van der Waals surface area contributed by atoms with E-state index in [1.54, 1.807) is 6.92 Å². The molecule has 4 atom stereocenters. The molecule has 1 aliphatic rings. The van der Waals surface area contributed by atoms with E-state index in [1.165, 1.54) is 18.3 Å². The number of aliphatic hydroxyl groups is 2. The molecule has 0 spiro atoms. The minimum absolute atomic E-state index is 0.0575. The van der Waals surface area contributed by atoms with Crippen molar-refractivity contribution in [2.45, 2.75) is 25.4 Å². The predicted octanol–water partition coefficient (Wildman–Crippen LogP) is -1.19. The number of nitrogens with two attached hydrogens (primary N) is 1. The van der Waals surface area contributed by atoms with Crippen molar-refractivity contribution in [3.63, 3.8) is 0 Å². The Morgan fingerprint density at radius 3 is 2.96 bits per heavy atom. The van der Waals surface area contributed by atoms with E-state index >= 15 is 0 Å². The summed E-state index contributed by atoms with van der Waals surface area (Å²) in [4.78, 5) is 27.0. The Labute approximate surface area is 132 Å². The topological polar surface area (TPSA) is 137 Å². The average molecular weight is 325 g/mol. The second kappa shape index (κ2) is 7.36. The van der Waals surface area contributed by atoms with Crippen LogP contribution < -0.4 is 11.4 Å². The number of ether oxygens (including phenoxy) is 2. The zero-order chi connectivity index (χ0) is 17.0. The quantitative estimate of drug-likeness (QED) is 0.454. The molecule has 23 heavy (non-hydrogen) atoms. The average Bonchev–Trinajstić information content (AvgIpc) is 2.81. The molecule has 0 bridgehead atoms. The number of carbonyl (C=O) groups excluding carboxylic acids is 1. The van der Waals surface area contributed by atoms with E-state index in [0.717, 1.165) is 10.6 Å². The number of rotatable bonds is 5. The van der Waals surface area contributed by atoms with E-state index in [0.29, 0.717) is 0 Å². The second-order valence-corrected chi connectivity index (χ2v) is 4.97. The fourth-order valence-corrected chi connectivity index (χ4v) is 2.38. The Morgan fingerprint density at radius 1 is 1.61 bits per heavy atom. The van der Waals surface area contributed by atoms with Gasteiger partial charge in [-0.2, -0.15) is 4.98 Å². The van der Waals surface area contributed by atoms with Gasteiger partial charge in [-0.3, -0.25) is 4.57 Å². The fourth-order valence-electron chi connectivity index (χ4n) is 2.38. The SMILES string of the molecule is CCOC(=O)/C=C/[C@@H]1[C@H](O)[C@@H](CO)O[C@H]1n1ccc(N)nc1=O. The summed E-state index contributed by atoms with van der Waals surface area (Å²) in [5, 5.41) is 19.5. The molecule has 2 rings (SSSR count). The van der Waals surface area contributed by atoms with Crippen LogP contribution in [0.2, 0.25) is 0 Å². The number of carbonyl (C=O) groups is 1. The minimum atomic E-state index is -1.10. The number of nitrogens with zero attached hydrogens (tertiary/aromatic N) is 2. The van der Waals surface area contributed by atoms with Crippen LogP contribution in [0, 0.1) is 5.92 Å². The van der Waals surface area contributed by atoms with Crippen molar-refractivity contribution in [3.8, 4) is 0 Å². The highest BCUT2D eigenvalue weighted by Crippen LogP contribution is 2.34. The number of anilines is 1. The number of hydrogen-bond donors (Lipinski definition) is 3. The van der Waals surface area contributed by atoms with Gasteiger partial charge in [0.25, 0.3) is 0 Å². The maximum Gasteiger partial charge on any atom is 0.351 e. The molecule has 126 valence electrons. The third-order valence-corrected chi connectivity index (χ3v) is 3.47. The second-order valence-electron chi connectivity index (χ2n) is 4.97. The third-order valence-electron chi connectivity index (χ3n) is 3.47. The lowest BCUT2D eigenvalue weighted by molar-refractivity contribution is -0.137. The van der Waals surface area contributed by atoms with Gasteiger partial charge in [0, 0.05) is 12.3 Å². The molecule has 1 saturated heterocycles. The van der Waals surface area contributed by atoms with Crippen molar-refractivity contribution in [3.05, 3.63) is 34.9 Å². The lowest BCUT2D eigenvalue weighted by atomic mass is 9.99. The van der Waals surface area contributed by atoms with Crippen LogP contribution in [0.3, 0.4) is 0 Å². The van der Waals surface area contributed by atoms with E-state index < -0.39 is 42.6 Å². The molecule has 1 aromatic heterocycles. The van der Waals surface area contributed by atoms with Crippen molar-refractivity contribution in [2.24, 2.45) is 5.92 Å². The van der Waals surface area contributed by atoms with Crippen molar-refractivity contribution in [2.75, 3.05) is 18.9 Å². The lowest BCUT2D eigenvalue weighted by Crippen LogP contribution is -2.31. The molecule has 9 nitrogen and oxygen atoms in total. The summed E-state index contributed by atoms with van der Waals surface area (Å²) in [5.74, 6) is -1.25. The van der Waals surface area contributed by atoms with Gasteiger partial charge in [-0.05, 0) is 13.0 Å². The van der Waals surface area contributed by atoms with E-state index in [9.17, 15) is 19.8 Å². The first kappa shape index (κ1) is 17.1. The molecule has 4 N–H and O–H groups in total. The molecule has 0 saturated carbocycles. The number of nitrogen functional groups attached to an aromatic ring is 1. The summed E-state index contributed by atoms with van der Waals surface area (Å²) in [6.45, 7) is 1.46. The fraction of sp³-hybridized carbons (Fsp3) is 0.500. The van der Waals surface area contributed by atoms with Crippen molar-refractivity contribution >= 4 is 11.8 Å². The molecule has 1 aromatic rings. The van der Waals surface area contributed by atoms with E-state index in [2.05, 4.69) is 4.98 Å². The number of esters is 1. The molecule has 1 aliphatic heterocycles. The van der Waals surface area contributed by atoms with Gasteiger partial charge in [0.1, 0.15) is 18.1 Å². The zero-order valence-electron chi connectivity index (χ0n) is 12.5. The van der Waals surface area contributed by atoms with Gasteiger partial charge in [0.05, 0.1) is 25.2 Å². The van der Waals surface area contributed by atoms with Crippen molar-refractivity contribution in [1.29, 1.82) is 0 Å². The Bertz CT molecular complexity index is 644.